The summed E-state index contributed by atoms with van der Waals surface area (Å²) in [6, 6.07) is 10.7. The van der Waals surface area contributed by atoms with Gasteiger partial charge in [-0.1, -0.05) is 35.3 Å². The lowest BCUT2D eigenvalue weighted by Crippen LogP contribution is -2.49. The summed E-state index contributed by atoms with van der Waals surface area (Å²) in [4.78, 5) is 10.8. The molecule has 0 bridgehead atoms. The largest absolute Gasteiger partial charge is 0.497 e. The van der Waals surface area contributed by atoms with Gasteiger partial charge in [-0.3, -0.25) is 0 Å². The van der Waals surface area contributed by atoms with Crippen LogP contribution in [0.4, 0.5) is 5.82 Å². The number of nitrogens with zero attached hydrogens (tertiary/aromatic N) is 6. The third kappa shape index (κ3) is 4.31. The second kappa shape index (κ2) is 9.27. The minimum Gasteiger partial charge on any atom is -0.497 e. The lowest BCUT2D eigenvalue weighted by molar-refractivity contribution is 0.383. The molecule has 3 heterocycles. The third-order valence-corrected chi connectivity index (χ3v) is 8.82. The second-order valence-electron chi connectivity index (χ2n) is 8.12. The molecule has 1 aliphatic heterocycles. The lowest BCUT2D eigenvalue weighted by Gasteiger charge is -2.36. The number of aromatic nitrogens is 4. The maximum Gasteiger partial charge on any atom is 0.254 e. The van der Waals surface area contributed by atoms with E-state index in [1.54, 1.807) is 24.7 Å². The van der Waals surface area contributed by atoms with Crippen LogP contribution in [-0.2, 0) is 10.0 Å². The van der Waals surface area contributed by atoms with Gasteiger partial charge in [0.2, 0.25) is 10.0 Å². The number of sulfonamides is 1. The molecule has 9 nitrogen and oxygen atoms in total. The number of methoxy groups -OCH3 is 1. The Hall–Kier alpha value is -2.92. The molecule has 4 aromatic rings. The molecule has 1 saturated heterocycles. The second-order valence-corrected chi connectivity index (χ2v) is 10.8. The Labute approximate surface area is 212 Å². The number of anilines is 1. The normalized spacial score (nSPS) is 15.0. The minimum absolute atomic E-state index is 0.0658. The number of ether oxygens (including phenoxy) is 1. The Balaban J connectivity index is 1.46. The van der Waals surface area contributed by atoms with Gasteiger partial charge >= 0.3 is 0 Å². The van der Waals surface area contributed by atoms with Gasteiger partial charge < -0.3 is 9.64 Å². The average Bonchev–Trinajstić information content (AvgIpc) is 3.35. The first-order valence-corrected chi connectivity index (χ1v) is 13.0. The molecule has 12 heteroatoms. The Morgan fingerprint density at radius 3 is 2.37 bits per heavy atom. The van der Waals surface area contributed by atoms with Gasteiger partial charge in [-0.15, -0.1) is 0 Å². The van der Waals surface area contributed by atoms with Crippen molar-refractivity contribution < 1.29 is 13.2 Å². The van der Waals surface area contributed by atoms with Crippen LogP contribution < -0.4 is 9.64 Å². The molecule has 0 atom stereocenters. The zero-order valence-corrected chi connectivity index (χ0v) is 21.3. The summed E-state index contributed by atoms with van der Waals surface area (Å²) >= 11 is 12.4. The molecule has 5 rings (SSSR count). The van der Waals surface area contributed by atoms with E-state index in [-0.39, 0.29) is 23.0 Å². The number of piperazine rings is 1. The molecular weight excluding hydrogens is 511 g/mol. The highest BCUT2D eigenvalue weighted by Crippen LogP contribution is 2.34. The summed E-state index contributed by atoms with van der Waals surface area (Å²) in [7, 11) is -2.16. The van der Waals surface area contributed by atoms with Crippen LogP contribution in [-0.4, -0.2) is 65.6 Å². The summed E-state index contributed by atoms with van der Waals surface area (Å²) in [5.41, 5.74) is 2.45. The van der Waals surface area contributed by atoms with Gasteiger partial charge in [0.1, 0.15) is 22.8 Å². The SMILES string of the molecule is COc1ccc(-c2cnc3ncnn3c2N2CCN(S(=O)(=O)c3cc(C)c(Cl)cc3Cl)CC2)cc1. The molecule has 2 aromatic heterocycles. The number of hydrogen-bond donors (Lipinski definition) is 0. The molecule has 182 valence electrons. The van der Waals surface area contributed by atoms with E-state index in [4.69, 9.17) is 27.9 Å². The summed E-state index contributed by atoms with van der Waals surface area (Å²) in [5.74, 6) is 2.02. The molecule has 35 heavy (non-hydrogen) atoms. The van der Waals surface area contributed by atoms with Crippen molar-refractivity contribution in [3.05, 3.63) is 64.5 Å². The molecule has 2 aromatic carbocycles. The molecule has 0 saturated carbocycles. The first-order valence-electron chi connectivity index (χ1n) is 10.8. The average molecular weight is 533 g/mol. The molecule has 0 amide bonds. The van der Waals surface area contributed by atoms with Crippen LogP contribution in [0.3, 0.4) is 0 Å². The van der Waals surface area contributed by atoms with Crippen molar-refractivity contribution in [3.8, 4) is 16.9 Å². The molecule has 0 unspecified atom stereocenters. The van der Waals surface area contributed by atoms with Crippen LogP contribution in [0.15, 0.2) is 53.8 Å². The standard InChI is InChI=1S/C23H22Cl2N6O3S/c1-15-11-21(20(25)12-19(15)24)35(32,33)30-9-7-29(8-10-30)22-18(13-26-23-27-14-28-31(22)23)16-3-5-17(34-2)6-4-16/h3-6,11-14H,7-10H2,1-2H3. The molecule has 0 aliphatic carbocycles. The highest BCUT2D eigenvalue weighted by molar-refractivity contribution is 7.89. The highest BCUT2D eigenvalue weighted by atomic mass is 35.5. The Kier molecular flexibility index (Phi) is 6.30. The molecule has 0 radical (unpaired) electrons. The van der Waals surface area contributed by atoms with Gasteiger partial charge in [-0.2, -0.15) is 18.9 Å². The summed E-state index contributed by atoms with van der Waals surface area (Å²) in [6.45, 7) is 3.21. The van der Waals surface area contributed by atoms with E-state index in [9.17, 15) is 8.42 Å². The summed E-state index contributed by atoms with van der Waals surface area (Å²) in [6.07, 6.45) is 3.22. The number of halogens is 2. The highest BCUT2D eigenvalue weighted by Gasteiger charge is 2.32. The van der Waals surface area contributed by atoms with Crippen LogP contribution in [0.1, 0.15) is 5.56 Å². The molecule has 0 N–H and O–H groups in total. The number of rotatable bonds is 5. The van der Waals surface area contributed by atoms with Gasteiger partial charge in [0.25, 0.3) is 5.78 Å². The molecular formula is C23H22Cl2N6O3S. The van der Waals surface area contributed by atoms with Crippen molar-refractivity contribution in [1.82, 2.24) is 23.9 Å². The summed E-state index contributed by atoms with van der Waals surface area (Å²) in [5, 5.41) is 4.92. The predicted molar refractivity (Wildman–Crippen MR) is 135 cm³/mol. The summed E-state index contributed by atoms with van der Waals surface area (Å²) < 4.78 is 35.1. The van der Waals surface area contributed by atoms with E-state index in [1.165, 1.54) is 22.8 Å². The topological polar surface area (TPSA) is 92.9 Å². The fourth-order valence-corrected chi connectivity index (χ4v) is 6.38. The first-order chi connectivity index (χ1) is 16.8. The zero-order chi connectivity index (χ0) is 24.7. The van der Waals surface area contributed by atoms with Crippen LogP contribution in [0.2, 0.25) is 10.0 Å². The fraction of sp³-hybridized carbons (Fsp3) is 0.261. The maximum absolute atomic E-state index is 13.4. The molecule has 1 aliphatic rings. The number of benzene rings is 2. The van der Waals surface area contributed by atoms with Gasteiger partial charge in [0.05, 0.1) is 12.1 Å². The van der Waals surface area contributed by atoms with Crippen LogP contribution in [0.25, 0.3) is 16.9 Å². The Morgan fingerprint density at radius 1 is 0.971 bits per heavy atom. The monoisotopic (exact) mass is 532 g/mol. The van der Waals surface area contributed by atoms with Crippen molar-refractivity contribution in [1.29, 1.82) is 0 Å². The minimum atomic E-state index is -3.78. The Bertz CT molecular complexity index is 1500. The van der Waals surface area contributed by atoms with Crippen molar-refractivity contribution in [2.75, 3.05) is 38.2 Å². The van der Waals surface area contributed by atoms with E-state index in [0.29, 0.717) is 29.5 Å². The van der Waals surface area contributed by atoms with Crippen LogP contribution in [0.5, 0.6) is 5.75 Å². The predicted octanol–water partition coefficient (Wildman–Crippen LogP) is 3.93. The molecule has 1 fully saturated rings. The van der Waals surface area contributed by atoms with Gasteiger partial charge in [0.15, 0.2) is 0 Å². The quantitative estimate of drug-likeness (QED) is 0.384. The lowest BCUT2D eigenvalue weighted by atomic mass is 10.1. The smallest absolute Gasteiger partial charge is 0.254 e. The van der Waals surface area contributed by atoms with Gasteiger partial charge in [-0.05, 0) is 42.3 Å². The zero-order valence-electron chi connectivity index (χ0n) is 19.0. The third-order valence-electron chi connectivity index (χ3n) is 6.05. The van der Waals surface area contributed by atoms with Crippen molar-refractivity contribution in [3.63, 3.8) is 0 Å². The van der Waals surface area contributed by atoms with Gasteiger partial charge in [-0.25, -0.2) is 13.4 Å². The van der Waals surface area contributed by atoms with Gasteiger partial charge in [0, 0.05) is 43.0 Å². The van der Waals surface area contributed by atoms with E-state index < -0.39 is 10.0 Å². The number of hydrogen-bond acceptors (Lipinski definition) is 7. The van der Waals surface area contributed by atoms with Crippen molar-refractivity contribution in [2.24, 2.45) is 0 Å². The fourth-order valence-electron chi connectivity index (χ4n) is 4.15. The van der Waals surface area contributed by atoms with E-state index in [1.807, 2.05) is 24.3 Å². The number of fused-ring (bicyclic) bond motifs is 1. The molecule has 0 spiro atoms. The van der Waals surface area contributed by atoms with Crippen LogP contribution >= 0.6 is 23.2 Å². The van der Waals surface area contributed by atoms with E-state index >= 15 is 0 Å². The number of aryl methyl sites for hydroxylation is 1. The van der Waals surface area contributed by atoms with Crippen molar-refractivity contribution in [2.45, 2.75) is 11.8 Å². The maximum atomic E-state index is 13.4. The van der Waals surface area contributed by atoms with E-state index in [0.717, 1.165) is 22.7 Å². The van der Waals surface area contributed by atoms with Crippen LogP contribution in [0, 0.1) is 6.92 Å². The Morgan fingerprint density at radius 2 is 1.69 bits per heavy atom. The first kappa shape index (κ1) is 23.8. The van der Waals surface area contributed by atoms with Crippen molar-refractivity contribution >= 4 is 44.8 Å². The van der Waals surface area contributed by atoms with E-state index in [2.05, 4.69) is 20.0 Å².